The first kappa shape index (κ1) is 17.1. The Balaban J connectivity index is 1.62. The summed E-state index contributed by atoms with van der Waals surface area (Å²) < 4.78 is 4.88. The SMILES string of the molecule is CC(=O)Nc1ccc(Nc2cnc(C(=O)Nc3cc(C)on3)cn2)cc1. The molecule has 1 aromatic carbocycles. The highest BCUT2D eigenvalue weighted by molar-refractivity contribution is 6.02. The molecular formula is C17H16N6O3. The molecule has 3 rings (SSSR count). The molecule has 9 heteroatoms. The summed E-state index contributed by atoms with van der Waals surface area (Å²) in [4.78, 5) is 31.3. The summed E-state index contributed by atoms with van der Waals surface area (Å²) in [6, 6.07) is 8.71. The van der Waals surface area contributed by atoms with E-state index in [9.17, 15) is 9.59 Å². The lowest BCUT2D eigenvalue weighted by Crippen LogP contribution is -2.14. The Bertz CT molecular complexity index is 918. The summed E-state index contributed by atoms with van der Waals surface area (Å²) in [7, 11) is 0. The van der Waals surface area contributed by atoms with E-state index in [0.717, 1.165) is 5.69 Å². The maximum Gasteiger partial charge on any atom is 0.277 e. The summed E-state index contributed by atoms with van der Waals surface area (Å²) in [5.74, 6) is 0.820. The molecule has 0 aliphatic heterocycles. The van der Waals surface area contributed by atoms with Crippen LogP contribution in [0.3, 0.4) is 0 Å². The fourth-order valence-electron chi connectivity index (χ4n) is 2.10. The third-order valence-corrected chi connectivity index (χ3v) is 3.23. The van der Waals surface area contributed by atoms with Gasteiger partial charge < -0.3 is 20.5 Å². The lowest BCUT2D eigenvalue weighted by atomic mass is 10.2. The highest BCUT2D eigenvalue weighted by Gasteiger charge is 2.11. The quantitative estimate of drug-likeness (QED) is 0.645. The van der Waals surface area contributed by atoms with Gasteiger partial charge in [0.2, 0.25) is 5.91 Å². The number of rotatable bonds is 5. The highest BCUT2D eigenvalue weighted by Crippen LogP contribution is 2.17. The van der Waals surface area contributed by atoms with Crippen LogP contribution in [-0.2, 0) is 4.79 Å². The molecule has 0 radical (unpaired) electrons. The van der Waals surface area contributed by atoms with Crippen molar-refractivity contribution in [3.63, 3.8) is 0 Å². The minimum absolute atomic E-state index is 0.133. The monoisotopic (exact) mass is 352 g/mol. The number of amides is 2. The van der Waals surface area contributed by atoms with Crippen molar-refractivity contribution in [3.8, 4) is 0 Å². The molecule has 9 nitrogen and oxygen atoms in total. The molecule has 132 valence electrons. The van der Waals surface area contributed by atoms with E-state index >= 15 is 0 Å². The summed E-state index contributed by atoms with van der Waals surface area (Å²) >= 11 is 0. The maximum atomic E-state index is 12.1. The fourth-order valence-corrected chi connectivity index (χ4v) is 2.10. The van der Waals surface area contributed by atoms with E-state index in [-0.39, 0.29) is 11.6 Å². The van der Waals surface area contributed by atoms with Gasteiger partial charge in [0, 0.05) is 24.4 Å². The molecule has 0 aliphatic rings. The molecule has 0 fully saturated rings. The van der Waals surface area contributed by atoms with Crippen molar-refractivity contribution >= 4 is 34.8 Å². The van der Waals surface area contributed by atoms with Gasteiger partial charge in [0.1, 0.15) is 17.3 Å². The zero-order valence-corrected chi connectivity index (χ0v) is 14.1. The highest BCUT2D eigenvalue weighted by atomic mass is 16.5. The molecule has 2 amide bonds. The third-order valence-electron chi connectivity index (χ3n) is 3.23. The van der Waals surface area contributed by atoms with Crippen molar-refractivity contribution in [1.29, 1.82) is 0 Å². The topological polar surface area (TPSA) is 122 Å². The average molecular weight is 352 g/mol. The number of carbonyl (C=O) groups is 2. The van der Waals surface area contributed by atoms with Gasteiger partial charge in [0.15, 0.2) is 5.82 Å². The van der Waals surface area contributed by atoms with Crippen LogP contribution in [0, 0.1) is 6.92 Å². The second-order valence-corrected chi connectivity index (χ2v) is 5.45. The predicted octanol–water partition coefficient (Wildman–Crippen LogP) is 2.73. The van der Waals surface area contributed by atoms with Crippen molar-refractivity contribution in [3.05, 3.63) is 54.2 Å². The molecule has 0 saturated heterocycles. The van der Waals surface area contributed by atoms with Crippen LogP contribution >= 0.6 is 0 Å². The Morgan fingerprint density at radius 2 is 1.69 bits per heavy atom. The molecule has 2 aromatic heterocycles. The second kappa shape index (κ2) is 7.43. The molecule has 3 N–H and O–H groups in total. The number of carbonyl (C=O) groups excluding carboxylic acids is 2. The molecule has 0 spiro atoms. The summed E-state index contributed by atoms with van der Waals surface area (Å²) in [6.07, 6.45) is 2.81. The number of hydrogen-bond donors (Lipinski definition) is 3. The molecule has 2 heterocycles. The van der Waals surface area contributed by atoms with Crippen LogP contribution in [-0.4, -0.2) is 26.9 Å². The predicted molar refractivity (Wildman–Crippen MR) is 95.3 cm³/mol. The zero-order chi connectivity index (χ0) is 18.5. The van der Waals surface area contributed by atoms with Gasteiger partial charge in [-0.15, -0.1) is 0 Å². The Hall–Kier alpha value is -3.75. The van der Waals surface area contributed by atoms with Gasteiger partial charge in [-0.3, -0.25) is 9.59 Å². The number of aryl methyl sites for hydroxylation is 1. The minimum atomic E-state index is -0.433. The van der Waals surface area contributed by atoms with E-state index in [2.05, 4.69) is 31.1 Å². The number of nitrogens with one attached hydrogen (secondary N) is 3. The standard InChI is InChI=1S/C17H16N6O3/c1-10-7-15(23-26-10)22-17(25)14-8-19-16(9-18-14)21-13-5-3-12(4-6-13)20-11(2)24/h3-9H,1-2H3,(H,19,21)(H,20,24)(H,22,23,25). The molecule has 3 aromatic rings. The Morgan fingerprint density at radius 1 is 0.962 bits per heavy atom. The summed E-state index contributed by atoms with van der Waals surface area (Å²) in [5.41, 5.74) is 1.62. The third kappa shape index (κ3) is 4.41. The van der Waals surface area contributed by atoms with Crippen LogP contribution in [0.5, 0.6) is 0 Å². The molecule has 0 unspecified atom stereocenters. The van der Waals surface area contributed by atoms with Crippen LogP contribution in [0.15, 0.2) is 47.2 Å². The summed E-state index contributed by atoms with van der Waals surface area (Å²) in [5, 5.41) is 12.0. The number of anilines is 4. The van der Waals surface area contributed by atoms with Crippen LogP contribution in [0.25, 0.3) is 0 Å². The fraction of sp³-hybridized carbons (Fsp3) is 0.118. The molecule has 0 bridgehead atoms. The van der Waals surface area contributed by atoms with Crippen LogP contribution < -0.4 is 16.0 Å². The second-order valence-electron chi connectivity index (χ2n) is 5.45. The largest absolute Gasteiger partial charge is 0.360 e. The Kier molecular flexibility index (Phi) is 4.88. The van der Waals surface area contributed by atoms with Gasteiger partial charge >= 0.3 is 0 Å². The molecule has 0 atom stereocenters. The summed E-state index contributed by atoms with van der Waals surface area (Å²) in [6.45, 7) is 3.18. The first-order valence-corrected chi connectivity index (χ1v) is 7.71. The van der Waals surface area contributed by atoms with Gasteiger partial charge in [0.25, 0.3) is 5.91 Å². The normalized spacial score (nSPS) is 10.2. The van der Waals surface area contributed by atoms with Gasteiger partial charge in [0.05, 0.1) is 12.4 Å². The lowest BCUT2D eigenvalue weighted by molar-refractivity contribution is -0.114. The minimum Gasteiger partial charge on any atom is -0.360 e. The van der Waals surface area contributed by atoms with E-state index in [0.29, 0.717) is 23.1 Å². The van der Waals surface area contributed by atoms with E-state index < -0.39 is 5.91 Å². The van der Waals surface area contributed by atoms with Crippen molar-refractivity contribution in [2.45, 2.75) is 13.8 Å². The maximum absolute atomic E-state index is 12.1. The Labute approximate surface area is 148 Å². The van der Waals surface area contributed by atoms with Crippen molar-refractivity contribution in [2.24, 2.45) is 0 Å². The van der Waals surface area contributed by atoms with Crippen LogP contribution in [0.2, 0.25) is 0 Å². The van der Waals surface area contributed by atoms with E-state index in [1.54, 1.807) is 37.3 Å². The van der Waals surface area contributed by atoms with E-state index in [1.807, 2.05) is 0 Å². The Morgan fingerprint density at radius 3 is 2.27 bits per heavy atom. The molecule has 0 aliphatic carbocycles. The number of hydrogen-bond acceptors (Lipinski definition) is 7. The lowest BCUT2D eigenvalue weighted by Gasteiger charge is -2.07. The van der Waals surface area contributed by atoms with E-state index in [1.165, 1.54) is 19.3 Å². The van der Waals surface area contributed by atoms with Crippen molar-refractivity contribution in [1.82, 2.24) is 15.1 Å². The van der Waals surface area contributed by atoms with Crippen molar-refractivity contribution in [2.75, 3.05) is 16.0 Å². The molecule has 26 heavy (non-hydrogen) atoms. The smallest absolute Gasteiger partial charge is 0.277 e. The van der Waals surface area contributed by atoms with Crippen molar-refractivity contribution < 1.29 is 14.1 Å². The van der Waals surface area contributed by atoms with Gasteiger partial charge in [-0.25, -0.2) is 9.97 Å². The zero-order valence-electron chi connectivity index (χ0n) is 14.1. The molecular weight excluding hydrogens is 336 g/mol. The van der Waals surface area contributed by atoms with Crippen LogP contribution in [0.1, 0.15) is 23.2 Å². The first-order chi connectivity index (χ1) is 12.5. The van der Waals surface area contributed by atoms with E-state index in [4.69, 9.17) is 4.52 Å². The van der Waals surface area contributed by atoms with Crippen LogP contribution in [0.4, 0.5) is 23.0 Å². The number of nitrogens with zero attached hydrogens (tertiary/aromatic N) is 3. The van der Waals surface area contributed by atoms with Gasteiger partial charge in [-0.1, -0.05) is 5.16 Å². The number of benzene rings is 1. The van der Waals surface area contributed by atoms with Gasteiger partial charge in [-0.2, -0.15) is 0 Å². The van der Waals surface area contributed by atoms with Gasteiger partial charge in [-0.05, 0) is 31.2 Å². The molecule has 0 saturated carbocycles. The first-order valence-electron chi connectivity index (χ1n) is 7.71. The number of aromatic nitrogens is 3. The average Bonchev–Trinajstić information content (AvgIpc) is 3.01.